The summed E-state index contributed by atoms with van der Waals surface area (Å²) < 4.78 is 0. The van der Waals surface area contributed by atoms with Crippen LogP contribution in [0.4, 0.5) is 17.1 Å². The highest BCUT2D eigenvalue weighted by Crippen LogP contribution is 2.44. The average Bonchev–Trinajstić information content (AvgIpc) is 3.26. The zero-order valence-electron chi connectivity index (χ0n) is 30.2. The summed E-state index contributed by atoms with van der Waals surface area (Å²) in [5.41, 5.74) is 8.17. The van der Waals surface area contributed by atoms with Crippen LogP contribution in [0.5, 0.6) is 0 Å². The lowest BCUT2D eigenvalue weighted by molar-refractivity contribution is 1.30. The van der Waals surface area contributed by atoms with Crippen LogP contribution in [-0.2, 0) is 0 Å². The topological polar surface area (TPSA) is 3.24 Å². The van der Waals surface area contributed by atoms with Gasteiger partial charge in [-0.2, -0.15) is 0 Å². The van der Waals surface area contributed by atoms with Crippen molar-refractivity contribution in [2.24, 2.45) is 0 Å². The Bertz CT molecular complexity index is 3250. The van der Waals surface area contributed by atoms with Crippen LogP contribution in [0.25, 0.3) is 86.9 Å². The van der Waals surface area contributed by atoms with E-state index in [2.05, 4.69) is 217 Å². The average molecular weight is 698 g/mol. The molecule has 1 nitrogen and oxygen atoms in total. The van der Waals surface area contributed by atoms with E-state index in [0.717, 1.165) is 17.1 Å². The Balaban J connectivity index is 1.10. The molecule has 0 aromatic heterocycles. The maximum absolute atomic E-state index is 2.44. The summed E-state index contributed by atoms with van der Waals surface area (Å²) >= 11 is 0. The first-order chi connectivity index (χ1) is 27.2. The molecular weight excluding hydrogens is 663 g/mol. The predicted molar refractivity (Wildman–Crippen MR) is 237 cm³/mol. The first-order valence-electron chi connectivity index (χ1n) is 19.0. The smallest absolute Gasteiger partial charge is 0.0546 e. The summed E-state index contributed by atoms with van der Waals surface area (Å²) in [6.45, 7) is 0. The quantitative estimate of drug-likeness (QED) is 0.162. The van der Waals surface area contributed by atoms with Crippen LogP contribution < -0.4 is 4.90 Å². The van der Waals surface area contributed by atoms with Crippen molar-refractivity contribution in [2.45, 2.75) is 0 Å². The van der Waals surface area contributed by atoms with Gasteiger partial charge in [-0.15, -0.1) is 0 Å². The number of nitrogens with zero attached hydrogens (tertiary/aromatic N) is 1. The Morgan fingerprint density at radius 3 is 1.53 bits per heavy atom. The first-order valence-corrected chi connectivity index (χ1v) is 19.0. The van der Waals surface area contributed by atoms with Gasteiger partial charge in [-0.3, -0.25) is 0 Å². The van der Waals surface area contributed by atoms with E-state index in [9.17, 15) is 0 Å². The second-order valence-corrected chi connectivity index (χ2v) is 14.5. The molecule has 256 valence electrons. The van der Waals surface area contributed by atoms with Crippen LogP contribution in [0.15, 0.2) is 212 Å². The number of rotatable bonds is 5. The van der Waals surface area contributed by atoms with Crippen LogP contribution in [0.3, 0.4) is 0 Å². The molecule has 1 heteroatoms. The number of anilines is 3. The van der Waals surface area contributed by atoms with Crippen molar-refractivity contribution in [1.82, 2.24) is 0 Å². The molecule has 0 fully saturated rings. The molecule has 0 atom stereocenters. The van der Waals surface area contributed by atoms with Gasteiger partial charge in [0.25, 0.3) is 0 Å². The van der Waals surface area contributed by atoms with E-state index < -0.39 is 0 Å². The third-order valence-corrected chi connectivity index (χ3v) is 11.4. The molecule has 0 aliphatic heterocycles. The second-order valence-electron chi connectivity index (χ2n) is 14.5. The van der Waals surface area contributed by atoms with Crippen molar-refractivity contribution in [1.29, 1.82) is 0 Å². The number of benzene rings is 11. The van der Waals surface area contributed by atoms with E-state index in [4.69, 9.17) is 0 Å². The molecule has 11 aromatic rings. The Hall–Kier alpha value is -7.22. The molecule has 55 heavy (non-hydrogen) atoms. The molecule has 0 aliphatic rings. The Morgan fingerprint density at radius 2 is 0.745 bits per heavy atom. The third-order valence-electron chi connectivity index (χ3n) is 11.4. The Labute approximate surface area is 320 Å². The minimum absolute atomic E-state index is 1.11. The van der Waals surface area contributed by atoms with E-state index in [0.29, 0.717) is 0 Å². The largest absolute Gasteiger partial charge is 0.310 e. The van der Waals surface area contributed by atoms with Gasteiger partial charge in [-0.1, -0.05) is 170 Å². The maximum atomic E-state index is 2.44. The minimum Gasteiger partial charge on any atom is -0.310 e. The molecule has 0 spiro atoms. The molecule has 0 radical (unpaired) electrons. The second kappa shape index (κ2) is 12.7. The van der Waals surface area contributed by atoms with E-state index in [-0.39, 0.29) is 0 Å². The van der Waals surface area contributed by atoms with Crippen LogP contribution in [0, 0.1) is 0 Å². The van der Waals surface area contributed by atoms with Crippen LogP contribution in [0.1, 0.15) is 0 Å². The Morgan fingerprint density at radius 1 is 0.236 bits per heavy atom. The zero-order chi connectivity index (χ0) is 36.3. The molecule has 0 heterocycles. The van der Waals surface area contributed by atoms with Crippen molar-refractivity contribution in [2.75, 3.05) is 4.90 Å². The van der Waals surface area contributed by atoms with Crippen molar-refractivity contribution in [3.8, 4) is 22.3 Å². The highest BCUT2D eigenvalue weighted by molar-refractivity contribution is 6.20. The van der Waals surface area contributed by atoms with Gasteiger partial charge in [0.1, 0.15) is 0 Å². The first kappa shape index (κ1) is 31.3. The molecule has 0 amide bonds. The Kier molecular flexibility index (Phi) is 7.25. The molecule has 0 unspecified atom stereocenters. The summed E-state index contributed by atoms with van der Waals surface area (Å²) in [7, 11) is 0. The maximum Gasteiger partial charge on any atom is 0.0546 e. The van der Waals surface area contributed by atoms with E-state index in [1.54, 1.807) is 0 Å². The lowest BCUT2D eigenvalue weighted by atomic mass is 9.94. The van der Waals surface area contributed by atoms with Gasteiger partial charge in [0.2, 0.25) is 0 Å². The molecule has 11 rings (SSSR count). The standard InChI is InChI=1S/C54H35N/c1-2-10-36(11-3-1)45-32-43-14-6-8-16-50(43)53(35-45)55(47-30-31-49-44(33-47)25-21-38-12-4-7-15-48(38)49)46-28-26-37(27-29-46)42-24-20-40-19-23-41-22-18-39-13-5-9-17-51(39)54(41)52(40)34-42/h1-35H. The van der Waals surface area contributed by atoms with E-state index in [1.165, 1.54) is 86.9 Å². The minimum atomic E-state index is 1.11. The summed E-state index contributed by atoms with van der Waals surface area (Å²) in [6, 6.07) is 78.0. The van der Waals surface area contributed by atoms with Crippen molar-refractivity contribution in [3.05, 3.63) is 212 Å². The van der Waals surface area contributed by atoms with E-state index >= 15 is 0 Å². The highest BCUT2D eigenvalue weighted by Gasteiger charge is 2.18. The fraction of sp³-hybridized carbons (Fsp3) is 0. The summed E-state index contributed by atoms with van der Waals surface area (Å²) in [5, 5.41) is 15.1. The number of fused-ring (bicyclic) bond motifs is 9. The fourth-order valence-electron chi connectivity index (χ4n) is 8.65. The molecular formula is C54H35N. The van der Waals surface area contributed by atoms with Crippen molar-refractivity contribution in [3.63, 3.8) is 0 Å². The van der Waals surface area contributed by atoms with Crippen molar-refractivity contribution < 1.29 is 0 Å². The van der Waals surface area contributed by atoms with Gasteiger partial charge in [-0.25, -0.2) is 0 Å². The van der Waals surface area contributed by atoms with Gasteiger partial charge in [-0.05, 0) is 124 Å². The van der Waals surface area contributed by atoms with Crippen LogP contribution in [0.2, 0.25) is 0 Å². The molecule has 0 bridgehead atoms. The number of hydrogen-bond acceptors (Lipinski definition) is 1. The summed E-state index contributed by atoms with van der Waals surface area (Å²) in [4.78, 5) is 2.44. The van der Waals surface area contributed by atoms with Gasteiger partial charge in [0.15, 0.2) is 0 Å². The fourth-order valence-corrected chi connectivity index (χ4v) is 8.65. The van der Waals surface area contributed by atoms with Crippen molar-refractivity contribution >= 4 is 81.7 Å². The summed E-state index contributed by atoms with van der Waals surface area (Å²) in [5.74, 6) is 0. The zero-order valence-corrected chi connectivity index (χ0v) is 30.2. The number of hydrogen-bond donors (Lipinski definition) is 0. The molecule has 11 aromatic carbocycles. The van der Waals surface area contributed by atoms with Crippen LogP contribution in [-0.4, -0.2) is 0 Å². The predicted octanol–water partition coefficient (Wildman–Crippen LogP) is 15.4. The normalized spacial score (nSPS) is 11.6. The van der Waals surface area contributed by atoms with Gasteiger partial charge in [0.05, 0.1) is 5.69 Å². The molecule has 0 N–H and O–H groups in total. The van der Waals surface area contributed by atoms with Gasteiger partial charge >= 0.3 is 0 Å². The summed E-state index contributed by atoms with van der Waals surface area (Å²) in [6.07, 6.45) is 0. The van der Waals surface area contributed by atoms with Gasteiger partial charge < -0.3 is 4.90 Å². The third kappa shape index (κ3) is 5.32. The molecule has 0 saturated carbocycles. The van der Waals surface area contributed by atoms with Crippen LogP contribution >= 0.6 is 0 Å². The lowest BCUT2D eigenvalue weighted by Gasteiger charge is -2.28. The lowest BCUT2D eigenvalue weighted by Crippen LogP contribution is -2.11. The molecule has 0 saturated heterocycles. The molecule has 0 aliphatic carbocycles. The monoisotopic (exact) mass is 697 g/mol. The SMILES string of the molecule is c1ccc(-c2cc(N(c3ccc(-c4ccc5ccc6ccc7ccccc7c6c5c4)cc3)c3ccc4c(ccc5ccccc54)c3)c3ccccc3c2)cc1. The highest BCUT2D eigenvalue weighted by atomic mass is 15.1. The van der Waals surface area contributed by atoms with Gasteiger partial charge in [0, 0.05) is 16.8 Å². The van der Waals surface area contributed by atoms with E-state index in [1.807, 2.05) is 0 Å².